The van der Waals surface area contributed by atoms with Crippen LogP contribution in [0.2, 0.25) is 0 Å². The zero-order valence-electron chi connectivity index (χ0n) is 19.9. The van der Waals surface area contributed by atoms with E-state index in [1.807, 2.05) is 0 Å². The van der Waals surface area contributed by atoms with E-state index < -0.39 is 19.1 Å². The van der Waals surface area contributed by atoms with Crippen LogP contribution >= 0.6 is 10.7 Å². The lowest BCUT2D eigenvalue weighted by molar-refractivity contribution is 0.100. The SMILES string of the molecule is CC(=O)c1cc(S(=O)(=O)Cl)c[nH]1.CC(=O)c1cc(S(=O)(=O)N2CCCC2)c[nH]1.CC(=O)c1ccc[nH]1. The van der Waals surface area contributed by atoms with Gasteiger partial charge in [-0.15, -0.1) is 0 Å². The predicted molar refractivity (Wildman–Crippen MR) is 133 cm³/mol. The van der Waals surface area contributed by atoms with Crippen molar-refractivity contribution in [1.29, 1.82) is 0 Å². The minimum absolute atomic E-state index is 0.0787. The molecule has 196 valence electrons. The summed E-state index contributed by atoms with van der Waals surface area (Å²) in [5, 5.41) is 0. The largest absolute Gasteiger partial charge is 0.359 e. The molecule has 1 aliphatic heterocycles. The number of rotatable bonds is 6. The van der Waals surface area contributed by atoms with Crippen molar-refractivity contribution in [3.05, 3.63) is 59.9 Å². The van der Waals surface area contributed by atoms with Crippen LogP contribution in [0.4, 0.5) is 0 Å². The molecule has 3 N–H and O–H groups in total. The fourth-order valence-electron chi connectivity index (χ4n) is 3.07. The summed E-state index contributed by atoms with van der Waals surface area (Å²) >= 11 is 0. The summed E-state index contributed by atoms with van der Waals surface area (Å²) < 4.78 is 47.0. The fourth-order valence-corrected chi connectivity index (χ4v) is 5.31. The standard InChI is InChI=1S/C10H14N2O3S.C6H6ClNO3S.C6H7NO/c1-8(13)10-6-9(7-11-10)16(14,15)12-4-2-3-5-12;1-4(9)6-2-5(3-8-6)12(7,10)11;1-5(8)6-3-2-4-7-6/h6-7,11H,2-5H2,1H3;2-3,8H,1H3;2-4,7H,1H3. The number of nitrogens with zero attached hydrogens (tertiary/aromatic N) is 1. The van der Waals surface area contributed by atoms with Crippen molar-refractivity contribution in [2.24, 2.45) is 0 Å². The number of aromatic nitrogens is 3. The third-order valence-electron chi connectivity index (χ3n) is 5.03. The van der Waals surface area contributed by atoms with E-state index in [1.54, 1.807) is 18.3 Å². The van der Waals surface area contributed by atoms with Crippen molar-refractivity contribution >= 4 is 47.1 Å². The monoisotopic (exact) mass is 558 g/mol. The first-order valence-electron chi connectivity index (χ1n) is 10.7. The molecule has 0 bridgehead atoms. The van der Waals surface area contributed by atoms with Crippen LogP contribution in [0, 0.1) is 0 Å². The Morgan fingerprint density at radius 1 is 0.778 bits per heavy atom. The van der Waals surface area contributed by atoms with Crippen LogP contribution < -0.4 is 0 Å². The molecule has 0 atom stereocenters. The molecule has 1 fully saturated rings. The Morgan fingerprint density at radius 2 is 1.25 bits per heavy atom. The van der Waals surface area contributed by atoms with E-state index in [0.29, 0.717) is 24.5 Å². The van der Waals surface area contributed by atoms with Crippen LogP contribution in [0.1, 0.15) is 65.1 Å². The number of hydrogen-bond donors (Lipinski definition) is 3. The molecular formula is C22H27ClN4O7S2. The zero-order chi connectivity index (χ0) is 27.1. The molecule has 1 saturated heterocycles. The molecule has 0 radical (unpaired) electrons. The van der Waals surface area contributed by atoms with Gasteiger partial charge in [0, 0.05) is 63.1 Å². The third-order valence-corrected chi connectivity index (χ3v) is 8.24. The summed E-state index contributed by atoms with van der Waals surface area (Å²) in [6.45, 7) is 5.41. The highest BCUT2D eigenvalue weighted by molar-refractivity contribution is 8.13. The molecule has 0 spiro atoms. The molecule has 0 aliphatic carbocycles. The van der Waals surface area contributed by atoms with E-state index in [4.69, 9.17) is 10.7 Å². The number of nitrogens with one attached hydrogen (secondary N) is 3. The van der Waals surface area contributed by atoms with Gasteiger partial charge in [0.15, 0.2) is 17.3 Å². The summed E-state index contributed by atoms with van der Waals surface area (Å²) in [5.41, 5.74) is 1.23. The van der Waals surface area contributed by atoms with Gasteiger partial charge in [-0.05, 0) is 37.1 Å². The van der Waals surface area contributed by atoms with Gasteiger partial charge in [0.2, 0.25) is 10.0 Å². The molecule has 0 unspecified atom stereocenters. The zero-order valence-corrected chi connectivity index (χ0v) is 22.3. The van der Waals surface area contributed by atoms with Gasteiger partial charge in [-0.1, -0.05) is 0 Å². The number of sulfonamides is 1. The van der Waals surface area contributed by atoms with E-state index in [1.165, 1.54) is 49.6 Å². The number of carbonyl (C=O) groups is 3. The van der Waals surface area contributed by atoms with Gasteiger partial charge in [0.25, 0.3) is 9.05 Å². The highest BCUT2D eigenvalue weighted by Gasteiger charge is 2.28. The average molecular weight is 559 g/mol. The Balaban J connectivity index is 0.000000202. The number of H-pyrrole nitrogens is 3. The smallest absolute Gasteiger partial charge is 0.262 e. The summed E-state index contributed by atoms with van der Waals surface area (Å²) in [6, 6.07) is 6.15. The molecule has 0 aromatic carbocycles. The van der Waals surface area contributed by atoms with Gasteiger partial charge < -0.3 is 15.0 Å². The van der Waals surface area contributed by atoms with E-state index in [0.717, 1.165) is 12.8 Å². The topological polar surface area (TPSA) is 170 Å². The number of Topliss-reactive ketones (excluding diaryl/α,β-unsaturated/α-hetero) is 3. The minimum atomic E-state index is -3.73. The lowest BCUT2D eigenvalue weighted by Crippen LogP contribution is -2.27. The summed E-state index contributed by atoms with van der Waals surface area (Å²) in [7, 11) is -2.11. The van der Waals surface area contributed by atoms with Crippen molar-refractivity contribution in [2.75, 3.05) is 13.1 Å². The molecule has 0 saturated carbocycles. The first-order valence-corrected chi connectivity index (χ1v) is 14.5. The maximum atomic E-state index is 12.1. The lowest BCUT2D eigenvalue weighted by Gasteiger charge is -2.13. The summed E-state index contributed by atoms with van der Waals surface area (Å²) in [6.07, 6.45) is 6.10. The third kappa shape index (κ3) is 8.01. The number of halogens is 1. The van der Waals surface area contributed by atoms with Gasteiger partial charge in [0.1, 0.15) is 9.79 Å². The maximum Gasteiger partial charge on any atom is 0.262 e. The first kappa shape index (κ1) is 29.2. The normalized spacial score (nSPS) is 13.8. The Morgan fingerprint density at radius 3 is 1.58 bits per heavy atom. The number of ketones is 3. The Labute approximate surface area is 213 Å². The Kier molecular flexibility index (Phi) is 9.99. The molecule has 3 aromatic rings. The highest BCUT2D eigenvalue weighted by atomic mass is 35.7. The second kappa shape index (κ2) is 12.3. The highest BCUT2D eigenvalue weighted by Crippen LogP contribution is 2.21. The summed E-state index contributed by atoms with van der Waals surface area (Å²) in [5.74, 6) is -0.320. The number of carbonyl (C=O) groups excluding carboxylic acids is 3. The molecule has 14 heteroatoms. The molecular weight excluding hydrogens is 532 g/mol. The van der Waals surface area contributed by atoms with Crippen molar-refractivity contribution in [3.8, 4) is 0 Å². The van der Waals surface area contributed by atoms with Crippen LogP contribution in [0.15, 0.2) is 52.6 Å². The fraction of sp³-hybridized carbons (Fsp3) is 0.318. The lowest BCUT2D eigenvalue weighted by atomic mass is 10.3. The molecule has 11 nitrogen and oxygen atoms in total. The number of aromatic amines is 3. The van der Waals surface area contributed by atoms with Crippen molar-refractivity contribution in [2.45, 2.75) is 43.4 Å². The van der Waals surface area contributed by atoms with Gasteiger partial charge in [0.05, 0.1) is 17.1 Å². The van der Waals surface area contributed by atoms with E-state index in [9.17, 15) is 31.2 Å². The average Bonchev–Trinajstić information content (AvgIpc) is 3.59. The maximum absolute atomic E-state index is 12.1. The van der Waals surface area contributed by atoms with Crippen LogP contribution in [0.25, 0.3) is 0 Å². The van der Waals surface area contributed by atoms with Gasteiger partial charge in [-0.2, -0.15) is 4.31 Å². The molecule has 1 aliphatic rings. The first-order chi connectivity index (χ1) is 16.7. The van der Waals surface area contributed by atoms with Crippen molar-refractivity contribution in [3.63, 3.8) is 0 Å². The Bertz CT molecular complexity index is 1420. The van der Waals surface area contributed by atoms with E-state index in [-0.39, 0.29) is 32.8 Å². The second-order valence-corrected chi connectivity index (χ2v) is 12.3. The second-order valence-electron chi connectivity index (χ2n) is 7.80. The van der Waals surface area contributed by atoms with Gasteiger partial charge in [-0.25, -0.2) is 16.8 Å². The van der Waals surface area contributed by atoms with Gasteiger partial charge >= 0.3 is 0 Å². The van der Waals surface area contributed by atoms with Crippen LogP contribution in [-0.4, -0.2) is 66.5 Å². The number of hydrogen-bond acceptors (Lipinski definition) is 7. The predicted octanol–water partition coefficient (Wildman–Crippen LogP) is 3.36. The molecule has 36 heavy (non-hydrogen) atoms. The minimum Gasteiger partial charge on any atom is -0.359 e. The van der Waals surface area contributed by atoms with Crippen LogP contribution in [-0.2, 0) is 19.1 Å². The molecule has 4 heterocycles. The van der Waals surface area contributed by atoms with Crippen molar-refractivity contribution < 1.29 is 31.2 Å². The summed E-state index contributed by atoms with van der Waals surface area (Å²) in [4.78, 5) is 40.3. The molecule has 3 aromatic heterocycles. The van der Waals surface area contributed by atoms with E-state index in [2.05, 4.69) is 15.0 Å². The van der Waals surface area contributed by atoms with Crippen LogP contribution in [0.3, 0.4) is 0 Å². The van der Waals surface area contributed by atoms with Crippen LogP contribution in [0.5, 0.6) is 0 Å². The van der Waals surface area contributed by atoms with Gasteiger partial charge in [-0.3, -0.25) is 14.4 Å². The Hall–Kier alpha value is -3.00. The molecule has 0 amide bonds. The van der Waals surface area contributed by atoms with E-state index >= 15 is 0 Å². The quantitative estimate of drug-likeness (QED) is 0.307. The van der Waals surface area contributed by atoms with Crippen molar-refractivity contribution in [1.82, 2.24) is 19.3 Å². The molecule has 4 rings (SSSR count).